The first-order valence-corrected chi connectivity index (χ1v) is 8.41. The van der Waals surface area contributed by atoms with Gasteiger partial charge in [0, 0.05) is 13.0 Å². The minimum Gasteiger partial charge on any atom is -0.496 e. The Morgan fingerprint density at radius 3 is 2.67 bits per heavy atom. The van der Waals surface area contributed by atoms with Crippen molar-refractivity contribution in [2.45, 2.75) is 38.4 Å². The highest BCUT2D eigenvalue weighted by molar-refractivity contribution is 6.22. The van der Waals surface area contributed by atoms with Gasteiger partial charge in [-0.05, 0) is 37.5 Å². The smallest absolute Gasteiger partial charge is 0.173 e. The Kier molecular flexibility index (Phi) is 5.09. The minimum absolute atomic E-state index is 0.0771. The van der Waals surface area contributed by atoms with Crippen LogP contribution < -0.4 is 9.47 Å². The van der Waals surface area contributed by atoms with E-state index >= 15 is 0 Å². The van der Waals surface area contributed by atoms with Crippen LogP contribution in [0.1, 0.15) is 31.7 Å². The van der Waals surface area contributed by atoms with Crippen LogP contribution >= 0.6 is 0 Å². The van der Waals surface area contributed by atoms with Crippen molar-refractivity contribution in [2.24, 2.45) is 5.92 Å². The highest BCUT2D eigenvalue weighted by Gasteiger charge is 2.40. The second kappa shape index (κ2) is 7.26. The molecule has 5 heteroatoms. The lowest BCUT2D eigenvalue weighted by Gasteiger charge is -2.37. The molecule has 0 radical (unpaired) electrons. The van der Waals surface area contributed by atoms with Crippen molar-refractivity contribution in [3.8, 4) is 11.5 Å². The highest BCUT2D eigenvalue weighted by Crippen LogP contribution is 2.38. The summed E-state index contributed by atoms with van der Waals surface area (Å²) in [5.41, 5.74) is 1.40. The van der Waals surface area contributed by atoms with Gasteiger partial charge in [-0.15, -0.1) is 0 Å². The molecule has 130 valence electrons. The Balaban J connectivity index is 1.82. The zero-order chi connectivity index (χ0) is 17.1. The standard InChI is InChI=1S/C19H24O5/c1-4-23-13-6-7-14-17(10-13)24-11-15(19(14)20)12-5-8-16(21-2)18(9-12)22-3/h5,8-9,11,13-14,17H,4,6-7,10H2,1-3H3. The molecule has 5 nitrogen and oxygen atoms in total. The number of carbonyl (C=O) groups is 1. The number of Topliss-reactive ketones (excluding diaryl/α,β-unsaturated/α-hetero) is 1. The minimum atomic E-state index is -0.0881. The molecule has 3 unspecified atom stereocenters. The summed E-state index contributed by atoms with van der Waals surface area (Å²) in [7, 11) is 3.17. The number of rotatable bonds is 5. The molecule has 1 aliphatic heterocycles. The molecule has 0 bridgehead atoms. The van der Waals surface area contributed by atoms with E-state index in [1.54, 1.807) is 26.5 Å². The van der Waals surface area contributed by atoms with Crippen LogP contribution in [0.3, 0.4) is 0 Å². The average molecular weight is 332 g/mol. The first-order valence-electron chi connectivity index (χ1n) is 8.41. The molecule has 1 aromatic rings. The lowest BCUT2D eigenvalue weighted by atomic mass is 9.78. The molecular formula is C19H24O5. The fourth-order valence-electron chi connectivity index (χ4n) is 3.56. The normalized spacial score (nSPS) is 26.2. The van der Waals surface area contributed by atoms with E-state index in [4.69, 9.17) is 18.9 Å². The van der Waals surface area contributed by atoms with Gasteiger partial charge in [-0.25, -0.2) is 0 Å². The van der Waals surface area contributed by atoms with Crippen LogP contribution in [0.4, 0.5) is 0 Å². The summed E-state index contributed by atoms with van der Waals surface area (Å²) in [4.78, 5) is 12.9. The molecule has 1 fully saturated rings. The van der Waals surface area contributed by atoms with E-state index in [2.05, 4.69) is 0 Å². The Labute approximate surface area is 142 Å². The molecule has 0 spiro atoms. The summed E-state index contributed by atoms with van der Waals surface area (Å²) in [5, 5.41) is 0. The Morgan fingerprint density at radius 1 is 1.17 bits per heavy atom. The number of benzene rings is 1. The second-order valence-electron chi connectivity index (χ2n) is 6.14. The predicted molar refractivity (Wildman–Crippen MR) is 90.2 cm³/mol. The van der Waals surface area contributed by atoms with Crippen LogP contribution in [-0.2, 0) is 14.3 Å². The van der Waals surface area contributed by atoms with E-state index in [1.807, 2.05) is 19.1 Å². The van der Waals surface area contributed by atoms with Crippen molar-refractivity contribution in [1.29, 1.82) is 0 Å². The zero-order valence-corrected chi connectivity index (χ0v) is 14.4. The van der Waals surface area contributed by atoms with Crippen molar-refractivity contribution >= 4 is 11.4 Å². The fraction of sp³-hybridized carbons (Fsp3) is 0.526. The van der Waals surface area contributed by atoms with E-state index in [-0.39, 0.29) is 23.9 Å². The van der Waals surface area contributed by atoms with Gasteiger partial charge in [-0.1, -0.05) is 6.07 Å². The number of methoxy groups -OCH3 is 2. The third-order valence-corrected chi connectivity index (χ3v) is 4.80. The van der Waals surface area contributed by atoms with Crippen molar-refractivity contribution in [3.05, 3.63) is 30.0 Å². The van der Waals surface area contributed by atoms with Crippen LogP contribution in [0.15, 0.2) is 24.5 Å². The molecule has 1 aromatic carbocycles. The molecule has 2 aliphatic rings. The Hall–Kier alpha value is -2.01. The number of allylic oxidation sites excluding steroid dienone is 1. The van der Waals surface area contributed by atoms with Gasteiger partial charge in [0.05, 0.1) is 38.1 Å². The van der Waals surface area contributed by atoms with Crippen molar-refractivity contribution < 1.29 is 23.7 Å². The van der Waals surface area contributed by atoms with E-state index in [1.165, 1.54) is 0 Å². The largest absolute Gasteiger partial charge is 0.496 e. The lowest BCUT2D eigenvalue weighted by molar-refractivity contribution is -0.127. The second-order valence-corrected chi connectivity index (χ2v) is 6.14. The zero-order valence-electron chi connectivity index (χ0n) is 14.4. The van der Waals surface area contributed by atoms with Gasteiger partial charge in [-0.3, -0.25) is 4.79 Å². The SMILES string of the molecule is CCOC1CCC2C(=O)C(c3ccc(OC)c(OC)c3)=COC2C1. The maximum Gasteiger partial charge on any atom is 0.173 e. The third-order valence-electron chi connectivity index (χ3n) is 4.80. The highest BCUT2D eigenvalue weighted by atomic mass is 16.5. The van der Waals surface area contributed by atoms with Gasteiger partial charge >= 0.3 is 0 Å². The van der Waals surface area contributed by atoms with Crippen molar-refractivity contribution in [3.63, 3.8) is 0 Å². The van der Waals surface area contributed by atoms with E-state index in [9.17, 15) is 4.79 Å². The Morgan fingerprint density at radius 2 is 1.96 bits per heavy atom. The first-order chi connectivity index (χ1) is 11.7. The molecule has 0 N–H and O–H groups in total. The summed E-state index contributed by atoms with van der Waals surface area (Å²) in [6, 6.07) is 5.49. The van der Waals surface area contributed by atoms with E-state index < -0.39 is 0 Å². The summed E-state index contributed by atoms with van der Waals surface area (Å²) < 4.78 is 22.2. The molecule has 0 aromatic heterocycles. The number of hydrogen-bond donors (Lipinski definition) is 0. The number of fused-ring (bicyclic) bond motifs is 1. The molecular weight excluding hydrogens is 308 g/mol. The molecule has 3 rings (SSSR count). The van der Waals surface area contributed by atoms with Crippen LogP contribution in [0.5, 0.6) is 11.5 Å². The van der Waals surface area contributed by atoms with Gasteiger partial charge in [0.15, 0.2) is 17.3 Å². The van der Waals surface area contributed by atoms with Crippen LogP contribution in [0.2, 0.25) is 0 Å². The maximum absolute atomic E-state index is 12.9. The van der Waals surface area contributed by atoms with E-state index in [0.717, 1.165) is 24.8 Å². The molecule has 24 heavy (non-hydrogen) atoms. The summed E-state index contributed by atoms with van der Waals surface area (Å²) in [6.45, 7) is 2.69. The summed E-state index contributed by atoms with van der Waals surface area (Å²) in [5.74, 6) is 1.30. The number of hydrogen-bond acceptors (Lipinski definition) is 5. The van der Waals surface area contributed by atoms with Crippen molar-refractivity contribution in [2.75, 3.05) is 20.8 Å². The molecule has 1 saturated carbocycles. The van der Waals surface area contributed by atoms with Crippen LogP contribution in [0, 0.1) is 5.92 Å². The predicted octanol–water partition coefficient (Wildman–Crippen LogP) is 3.22. The summed E-state index contributed by atoms with van der Waals surface area (Å²) >= 11 is 0. The quantitative estimate of drug-likeness (QED) is 0.829. The number of ketones is 1. The monoisotopic (exact) mass is 332 g/mol. The molecule has 3 atom stereocenters. The lowest BCUT2D eigenvalue weighted by Crippen LogP contribution is -2.41. The van der Waals surface area contributed by atoms with Crippen LogP contribution in [-0.4, -0.2) is 38.8 Å². The third kappa shape index (κ3) is 3.13. The maximum atomic E-state index is 12.9. The van der Waals surface area contributed by atoms with Gasteiger partial charge in [0.25, 0.3) is 0 Å². The van der Waals surface area contributed by atoms with Crippen molar-refractivity contribution in [1.82, 2.24) is 0 Å². The molecule has 0 amide bonds. The van der Waals surface area contributed by atoms with Gasteiger partial charge < -0.3 is 18.9 Å². The Bertz CT molecular complexity index is 637. The van der Waals surface area contributed by atoms with Gasteiger partial charge in [0.2, 0.25) is 0 Å². The molecule has 0 saturated heterocycles. The van der Waals surface area contributed by atoms with E-state index in [0.29, 0.717) is 23.7 Å². The number of ether oxygens (including phenoxy) is 4. The number of carbonyl (C=O) groups excluding carboxylic acids is 1. The van der Waals surface area contributed by atoms with Crippen LogP contribution in [0.25, 0.3) is 5.57 Å². The molecule has 1 aliphatic carbocycles. The van der Waals surface area contributed by atoms with Gasteiger partial charge in [0.1, 0.15) is 6.10 Å². The fourth-order valence-corrected chi connectivity index (χ4v) is 3.56. The topological polar surface area (TPSA) is 54.0 Å². The average Bonchev–Trinajstić information content (AvgIpc) is 2.61. The van der Waals surface area contributed by atoms with Gasteiger partial charge in [-0.2, -0.15) is 0 Å². The molecule has 1 heterocycles. The summed E-state index contributed by atoms with van der Waals surface area (Å²) in [6.07, 6.45) is 4.20. The first kappa shape index (κ1) is 16.8.